The summed E-state index contributed by atoms with van der Waals surface area (Å²) in [6.45, 7) is 5.98. The highest BCUT2D eigenvalue weighted by molar-refractivity contribution is 7.89. The SMILES string of the molecule is CCO[C@@H]1CCOC2(C1)CN(S(=O)(=O)c1ccccc1C)C2. The number of aryl methyl sites for hydroxylation is 1. The van der Waals surface area contributed by atoms with E-state index in [9.17, 15) is 8.42 Å². The molecule has 2 fully saturated rings. The van der Waals surface area contributed by atoms with Crippen molar-refractivity contribution in [1.29, 1.82) is 0 Å². The normalized spacial score (nSPS) is 25.1. The van der Waals surface area contributed by atoms with Crippen LogP contribution in [0.3, 0.4) is 0 Å². The van der Waals surface area contributed by atoms with Gasteiger partial charge in [0.15, 0.2) is 0 Å². The second-order valence-electron chi connectivity index (χ2n) is 6.14. The summed E-state index contributed by atoms with van der Waals surface area (Å²) in [5.74, 6) is 0. The lowest BCUT2D eigenvalue weighted by molar-refractivity contribution is -0.177. The Morgan fingerprint density at radius 3 is 2.77 bits per heavy atom. The summed E-state index contributed by atoms with van der Waals surface area (Å²) in [6, 6.07) is 7.10. The lowest BCUT2D eigenvalue weighted by Gasteiger charge is -2.52. The smallest absolute Gasteiger partial charge is 0.243 e. The second kappa shape index (κ2) is 5.92. The molecule has 1 aromatic rings. The zero-order chi connectivity index (χ0) is 15.8. The van der Waals surface area contributed by atoms with Crippen LogP contribution in [-0.4, -0.2) is 50.7 Å². The molecule has 0 aliphatic carbocycles. The predicted octanol–water partition coefficient (Wildman–Crippen LogP) is 1.95. The lowest BCUT2D eigenvalue weighted by atomic mass is 9.86. The monoisotopic (exact) mass is 325 g/mol. The first-order chi connectivity index (χ1) is 10.5. The molecule has 2 aliphatic heterocycles. The van der Waals surface area contributed by atoms with Crippen LogP contribution in [0.2, 0.25) is 0 Å². The number of hydrogen-bond donors (Lipinski definition) is 0. The molecular weight excluding hydrogens is 302 g/mol. The highest BCUT2D eigenvalue weighted by atomic mass is 32.2. The number of nitrogens with zero attached hydrogens (tertiary/aromatic N) is 1. The van der Waals surface area contributed by atoms with Crippen LogP contribution in [-0.2, 0) is 19.5 Å². The first-order valence-corrected chi connectivity index (χ1v) is 9.22. The maximum Gasteiger partial charge on any atom is 0.243 e. The molecule has 0 N–H and O–H groups in total. The summed E-state index contributed by atoms with van der Waals surface area (Å²) < 4.78 is 38.5. The van der Waals surface area contributed by atoms with Gasteiger partial charge in [0.25, 0.3) is 0 Å². The first-order valence-electron chi connectivity index (χ1n) is 7.78. The van der Waals surface area contributed by atoms with Gasteiger partial charge in [-0.2, -0.15) is 4.31 Å². The van der Waals surface area contributed by atoms with Gasteiger partial charge < -0.3 is 9.47 Å². The molecule has 1 atom stereocenters. The van der Waals surface area contributed by atoms with Crippen molar-refractivity contribution in [2.75, 3.05) is 26.3 Å². The molecule has 0 aromatic heterocycles. The largest absolute Gasteiger partial charge is 0.378 e. The molecule has 22 heavy (non-hydrogen) atoms. The molecular formula is C16H23NO4S. The highest BCUT2D eigenvalue weighted by Crippen LogP contribution is 2.38. The van der Waals surface area contributed by atoms with Crippen molar-refractivity contribution in [3.05, 3.63) is 29.8 Å². The average Bonchev–Trinajstić information content (AvgIpc) is 2.45. The van der Waals surface area contributed by atoms with Gasteiger partial charge in [-0.15, -0.1) is 0 Å². The number of benzene rings is 1. The van der Waals surface area contributed by atoms with Crippen molar-refractivity contribution in [3.63, 3.8) is 0 Å². The molecule has 5 nitrogen and oxygen atoms in total. The van der Waals surface area contributed by atoms with Crippen molar-refractivity contribution in [1.82, 2.24) is 4.31 Å². The van der Waals surface area contributed by atoms with E-state index in [1.807, 2.05) is 26.0 Å². The molecule has 2 heterocycles. The summed E-state index contributed by atoms with van der Waals surface area (Å²) in [4.78, 5) is 0.391. The third-order valence-corrected chi connectivity index (χ3v) is 6.44. The molecule has 0 radical (unpaired) electrons. The molecule has 0 bridgehead atoms. The van der Waals surface area contributed by atoms with E-state index in [4.69, 9.17) is 9.47 Å². The van der Waals surface area contributed by atoms with Crippen LogP contribution in [0.25, 0.3) is 0 Å². The molecule has 0 unspecified atom stereocenters. The van der Waals surface area contributed by atoms with Crippen molar-refractivity contribution in [2.24, 2.45) is 0 Å². The standard InChI is InChI=1S/C16H23NO4S/c1-3-20-14-8-9-21-16(10-14)11-17(12-16)22(18,19)15-7-5-4-6-13(15)2/h4-7,14H,3,8-12H2,1-2H3/t14-/m1/s1. The minimum atomic E-state index is -3.43. The number of hydrogen-bond acceptors (Lipinski definition) is 4. The Morgan fingerprint density at radius 1 is 1.36 bits per heavy atom. The van der Waals surface area contributed by atoms with Gasteiger partial charge in [0.1, 0.15) is 0 Å². The van der Waals surface area contributed by atoms with Crippen molar-refractivity contribution < 1.29 is 17.9 Å². The molecule has 122 valence electrons. The van der Waals surface area contributed by atoms with Crippen LogP contribution in [0.4, 0.5) is 0 Å². The second-order valence-corrected chi connectivity index (χ2v) is 8.05. The Balaban J connectivity index is 1.71. The Morgan fingerprint density at radius 2 is 2.09 bits per heavy atom. The first kappa shape index (κ1) is 15.9. The summed E-state index contributed by atoms with van der Waals surface area (Å²) >= 11 is 0. The quantitative estimate of drug-likeness (QED) is 0.849. The van der Waals surface area contributed by atoms with E-state index in [0.717, 1.165) is 18.4 Å². The van der Waals surface area contributed by atoms with Gasteiger partial charge in [-0.25, -0.2) is 8.42 Å². The topological polar surface area (TPSA) is 55.8 Å². The van der Waals surface area contributed by atoms with Gasteiger partial charge in [0.05, 0.1) is 16.6 Å². The molecule has 1 aromatic carbocycles. The minimum absolute atomic E-state index is 0.182. The molecule has 6 heteroatoms. The number of ether oxygens (including phenoxy) is 2. The molecule has 2 saturated heterocycles. The summed E-state index contributed by atoms with van der Waals surface area (Å²) in [6.07, 6.45) is 1.85. The minimum Gasteiger partial charge on any atom is -0.378 e. The van der Waals surface area contributed by atoms with Crippen molar-refractivity contribution >= 4 is 10.0 Å². The van der Waals surface area contributed by atoms with Gasteiger partial charge >= 0.3 is 0 Å². The van der Waals surface area contributed by atoms with Crippen LogP contribution < -0.4 is 0 Å². The van der Waals surface area contributed by atoms with E-state index in [0.29, 0.717) is 31.2 Å². The Kier molecular flexibility index (Phi) is 4.29. The summed E-state index contributed by atoms with van der Waals surface area (Å²) in [5, 5.41) is 0. The maximum absolute atomic E-state index is 12.7. The molecule has 3 rings (SSSR count). The average molecular weight is 325 g/mol. The van der Waals surface area contributed by atoms with E-state index in [-0.39, 0.29) is 11.7 Å². The highest BCUT2D eigenvalue weighted by Gasteiger charge is 2.52. The van der Waals surface area contributed by atoms with Crippen molar-refractivity contribution in [2.45, 2.75) is 43.3 Å². The number of sulfonamides is 1. The van der Waals surface area contributed by atoms with E-state index in [1.165, 1.54) is 4.31 Å². The Hall–Kier alpha value is -0.950. The molecule has 2 aliphatic rings. The van der Waals surface area contributed by atoms with Crippen LogP contribution in [0.15, 0.2) is 29.2 Å². The van der Waals surface area contributed by atoms with Crippen molar-refractivity contribution in [3.8, 4) is 0 Å². The Bertz CT molecular complexity index is 635. The van der Waals surface area contributed by atoms with E-state index in [2.05, 4.69) is 0 Å². The fraction of sp³-hybridized carbons (Fsp3) is 0.625. The maximum atomic E-state index is 12.7. The molecule has 1 spiro atoms. The van der Waals surface area contributed by atoms with E-state index in [1.54, 1.807) is 12.1 Å². The summed E-state index contributed by atoms with van der Waals surface area (Å²) in [7, 11) is -3.43. The van der Waals surface area contributed by atoms with E-state index < -0.39 is 10.0 Å². The zero-order valence-electron chi connectivity index (χ0n) is 13.1. The number of rotatable bonds is 4. The Labute approximate surface area is 132 Å². The predicted molar refractivity (Wildman–Crippen MR) is 83.3 cm³/mol. The summed E-state index contributed by atoms with van der Waals surface area (Å²) in [5.41, 5.74) is 0.425. The van der Waals surface area contributed by atoms with Gasteiger partial charge in [0.2, 0.25) is 10.0 Å². The van der Waals surface area contributed by atoms with E-state index >= 15 is 0 Å². The lowest BCUT2D eigenvalue weighted by Crippen LogP contribution is -2.67. The van der Waals surface area contributed by atoms with Gasteiger partial charge in [-0.3, -0.25) is 0 Å². The fourth-order valence-electron chi connectivity index (χ4n) is 3.33. The van der Waals surface area contributed by atoms with Gasteiger partial charge in [-0.1, -0.05) is 18.2 Å². The molecule has 0 saturated carbocycles. The third-order valence-electron chi connectivity index (χ3n) is 4.49. The zero-order valence-corrected chi connectivity index (χ0v) is 13.9. The van der Waals surface area contributed by atoms with Gasteiger partial charge in [-0.05, 0) is 31.9 Å². The van der Waals surface area contributed by atoms with Gasteiger partial charge in [0, 0.05) is 32.7 Å². The van der Waals surface area contributed by atoms with Crippen LogP contribution in [0, 0.1) is 6.92 Å². The fourth-order valence-corrected chi connectivity index (χ4v) is 5.15. The molecule has 0 amide bonds. The van der Waals surface area contributed by atoms with Crippen LogP contribution >= 0.6 is 0 Å². The third kappa shape index (κ3) is 2.80. The van der Waals surface area contributed by atoms with Crippen LogP contribution in [0.5, 0.6) is 0 Å². The van der Waals surface area contributed by atoms with Crippen LogP contribution in [0.1, 0.15) is 25.3 Å².